The van der Waals surface area contributed by atoms with E-state index in [0.29, 0.717) is 31.7 Å². The van der Waals surface area contributed by atoms with Crippen molar-refractivity contribution in [3.63, 3.8) is 0 Å². The van der Waals surface area contributed by atoms with E-state index in [9.17, 15) is 19.7 Å². The van der Waals surface area contributed by atoms with E-state index in [4.69, 9.17) is 4.74 Å². The zero-order chi connectivity index (χ0) is 19.4. The number of esters is 1. The van der Waals surface area contributed by atoms with Crippen molar-refractivity contribution >= 4 is 23.6 Å². The third-order valence-electron chi connectivity index (χ3n) is 3.57. The highest BCUT2D eigenvalue weighted by atomic mass is 16.6. The Morgan fingerprint density at radius 3 is 2.50 bits per heavy atom. The number of hydrogen-bond donors (Lipinski definition) is 0. The van der Waals surface area contributed by atoms with Crippen LogP contribution in [0, 0.1) is 10.1 Å². The van der Waals surface area contributed by atoms with Gasteiger partial charge in [-0.05, 0) is 37.1 Å². The van der Waals surface area contributed by atoms with Crippen molar-refractivity contribution in [2.45, 2.75) is 19.8 Å². The van der Waals surface area contributed by atoms with Crippen LogP contribution in [0.15, 0.2) is 30.3 Å². The summed E-state index contributed by atoms with van der Waals surface area (Å²) in [5.41, 5.74) is 0.662. The zero-order valence-electron chi connectivity index (χ0n) is 15.1. The van der Waals surface area contributed by atoms with Crippen LogP contribution in [0.5, 0.6) is 0 Å². The highest BCUT2D eigenvalue weighted by molar-refractivity contribution is 5.92. The van der Waals surface area contributed by atoms with Gasteiger partial charge >= 0.3 is 5.97 Å². The highest BCUT2D eigenvalue weighted by Gasteiger charge is 2.13. The van der Waals surface area contributed by atoms with Crippen LogP contribution in [0.25, 0.3) is 6.08 Å². The second-order valence-electron chi connectivity index (χ2n) is 5.38. The van der Waals surface area contributed by atoms with Crippen LogP contribution in [0.1, 0.15) is 25.3 Å². The van der Waals surface area contributed by atoms with Gasteiger partial charge in [0.15, 0.2) is 0 Å². The van der Waals surface area contributed by atoms with E-state index in [1.807, 2.05) is 6.92 Å². The lowest BCUT2D eigenvalue weighted by Gasteiger charge is -2.20. The molecule has 0 bridgehead atoms. The SMILES string of the molecule is CCOCCCN(CCC(=O)OC)C(=O)/C=C/c1ccc([N+](=O)[O-])cc1. The van der Waals surface area contributed by atoms with Gasteiger partial charge in [-0.2, -0.15) is 0 Å². The molecule has 26 heavy (non-hydrogen) atoms. The molecule has 0 aliphatic carbocycles. The Kier molecular flexibility index (Phi) is 9.63. The van der Waals surface area contributed by atoms with Crippen molar-refractivity contribution in [1.29, 1.82) is 0 Å². The third kappa shape index (κ3) is 7.89. The molecule has 0 spiro atoms. The number of nitrogens with zero attached hydrogens (tertiary/aromatic N) is 2. The Hall–Kier alpha value is -2.74. The van der Waals surface area contributed by atoms with Crippen molar-refractivity contribution in [2.75, 3.05) is 33.4 Å². The third-order valence-corrected chi connectivity index (χ3v) is 3.57. The number of nitro groups is 1. The molecule has 0 saturated carbocycles. The van der Waals surface area contributed by atoms with E-state index in [1.165, 1.54) is 25.3 Å². The lowest BCUT2D eigenvalue weighted by Crippen LogP contribution is -2.33. The summed E-state index contributed by atoms with van der Waals surface area (Å²) in [6.45, 7) is 3.75. The molecule has 0 aromatic heterocycles. The lowest BCUT2D eigenvalue weighted by molar-refractivity contribution is -0.384. The predicted octanol–water partition coefficient (Wildman–Crippen LogP) is 2.43. The average molecular weight is 364 g/mol. The van der Waals surface area contributed by atoms with Crippen molar-refractivity contribution in [1.82, 2.24) is 4.90 Å². The van der Waals surface area contributed by atoms with Crippen molar-refractivity contribution in [3.8, 4) is 0 Å². The molecule has 0 atom stereocenters. The molecule has 0 N–H and O–H groups in total. The van der Waals surface area contributed by atoms with E-state index in [1.54, 1.807) is 23.1 Å². The Morgan fingerprint density at radius 2 is 1.92 bits per heavy atom. The average Bonchev–Trinajstić information content (AvgIpc) is 2.65. The fourth-order valence-corrected chi connectivity index (χ4v) is 2.14. The number of methoxy groups -OCH3 is 1. The molecule has 0 aliphatic rings. The van der Waals surface area contributed by atoms with Gasteiger partial charge in [0, 0.05) is 44.5 Å². The van der Waals surface area contributed by atoms with Crippen molar-refractivity contribution < 1.29 is 24.0 Å². The summed E-state index contributed by atoms with van der Waals surface area (Å²) in [4.78, 5) is 35.4. The summed E-state index contributed by atoms with van der Waals surface area (Å²) in [7, 11) is 1.30. The van der Waals surface area contributed by atoms with Gasteiger partial charge in [-0.1, -0.05) is 0 Å². The fraction of sp³-hybridized carbons (Fsp3) is 0.444. The molecule has 1 aromatic carbocycles. The molecule has 1 rings (SSSR count). The summed E-state index contributed by atoms with van der Waals surface area (Å²) >= 11 is 0. The molecular formula is C18H24N2O6. The Balaban J connectivity index is 2.68. The second-order valence-corrected chi connectivity index (χ2v) is 5.38. The summed E-state index contributed by atoms with van der Waals surface area (Å²) < 4.78 is 9.88. The molecule has 8 nitrogen and oxygen atoms in total. The van der Waals surface area contributed by atoms with Gasteiger partial charge in [-0.25, -0.2) is 0 Å². The number of non-ortho nitro benzene ring substituents is 1. The molecule has 1 aromatic rings. The quantitative estimate of drug-likeness (QED) is 0.197. The number of rotatable bonds is 11. The first kappa shape index (κ1) is 21.3. The maximum Gasteiger partial charge on any atom is 0.307 e. The first-order valence-corrected chi connectivity index (χ1v) is 8.34. The normalized spacial score (nSPS) is 10.7. The van der Waals surface area contributed by atoms with Gasteiger partial charge in [0.1, 0.15) is 0 Å². The topological polar surface area (TPSA) is 99.0 Å². The van der Waals surface area contributed by atoms with Crippen LogP contribution in [-0.4, -0.2) is 55.1 Å². The Labute approximate surface area is 152 Å². The molecule has 0 aliphatic heterocycles. The van der Waals surface area contributed by atoms with E-state index >= 15 is 0 Å². The van der Waals surface area contributed by atoms with Gasteiger partial charge < -0.3 is 14.4 Å². The number of carbonyl (C=O) groups excluding carboxylic acids is 2. The molecule has 0 radical (unpaired) electrons. The summed E-state index contributed by atoms with van der Waals surface area (Å²) in [5, 5.41) is 10.6. The van der Waals surface area contributed by atoms with Gasteiger partial charge in [-0.3, -0.25) is 19.7 Å². The maximum absolute atomic E-state index is 12.4. The lowest BCUT2D eigenvalue weighted by atomic mass is 10.2. The number of ether oxygens (including phenoxy) is 2. The molecular weight excluding hydrogens is 340 g/mol. The Bertz CT molecular complexity index is 627. The molecule has 0 unspecified atom stereocenters. The summed E-state index contributed by atoms with van der Waals surface area (Å²) in [6, 6.07) is 5.88. The number of amides is 1. The van der Waals surface area contributed by atoms with Gasteiger partial charge in [0.25, 0.3) is 5.69 Å². The minimum Gasteiger partial charge on any atom is -0.469 e. The van der Waals surface area contributed by atoms with Crippen LogP contribution in [0.3, 0.4) is 0 Å². The van der Waals surface area contributed by atoms with Crippen LogP contribution >= 0.6 is 0 Å². The first-order chi connectivity index (χ1) is 12.5. The molecule has 142 valence electrons. The van der Waals surface area contributed by atoms with E-state index < -0.39 is 4.92 Å². The van der Waals surface area contributed by atoms with E-state index in [2.05, 4.69) is 4.74 Å². The summed E-state index contributed by atoms with van der Waals surface area (Å²) in [6.07, 6.45) is 3.74. The van der Waals surface area contributed by atoms with Crippen molar-refractivity contribution in [3.05, 3.63) is 46.0 Å². The smallest absolute Gasteiger partial charge is 0.307 e. The highest BCUT2D eigenvalue weighted by Crippen LogP contribution is 2.13. The first-order valence-electron chi connectivity index (χ1n) is 8.34. The molecule has 1 amide bonds. The minimum absolute atomic E-state index is 0.0101. The second kappa shape index (κ2) is 11.8. The standard InChI is InChI=1S/C18H24N2O6/c1-3-26-14-4-12-19(13-11-18(22)25-2)17(21)10-7-15-5-8-16(9-6-15)20(23)24/h5-10H,3-4,11-14H2,1-2H3/b10-7+. The predicted molar refractivity (Wildman–Crippen MR) is 96.5 cm³/mol. The van der Waals surface area contributed by atoms with Crippen LogP contribution in [-0.2, 0) is 19.1 Å². The molecule has 0 fully saturated rings. The Morgan fingerprint density at radius 1 is 1.23 bits per heavy atom. The number of nitro benzene ring substituents is 1. The van der Waals surface area contributed by atoms with Crippen LogP contribution in [0.4, 0.5) is 5.69 Å². The van der Waals surface area contributed by atoms with Gasteiger partial charge in [-0.15, -0.1) is 0 Å². The number of carbonyl (C=O) groups is 2. The maximum atomic E-state index is 12.4. The van der Waals surface area contributed by atoms with Gasteiger partial charge in [0.2, 0.25) is 5.91 Å². The van der Waals surface area contributed by atoms with Crippen LogP contribution < -0.4 is 0 Å². The summed E-state index contributed by atoms with van der Waals surface area (Å²) in [5.74, 6) is -0.629. The number of hydrogen-bond acceptors (Lipinski definition) is 6. The van der Waals surface area contributed by atoms with Gasteiger partial charge in [0.05, 0.1) is 18.5 Å². The largest absolute Gasteiger partial charge is 0.469 e. The number of benzene rings is 1. The fourth-order valence-electron chi connectivity index (χ4n) is 2.14. The van der Waals surface area contributed by atoms with E-state index in [0.717, 1.165) is 0 Å². The van der Waals surface area contributed by atoms with Crippen LogP contribution in [0.2, 0.25) is 0 Å². The van der Waals surface area contributed by atoms with Crippen molar-refractivity contribution in [2.24, 2.45) is 0 Å². The minimum atomic E-state index is -0.481. The molecule has 0 heterocycles. The molecule has 0 saturated heterocycles. The monoisotopic (exact) mass is 364 g/mol. The zero-order valence-corrected chi connectivity index (χ0v) is 15.1. The molecule has 8 heteroatoms. The van der Waals surface area contributed by atoms with E-state index in [-0.39, 0.29) is 30.5 Å².